The fourth-order valence-corrected chi connectivity index (χ4v) is 5.88. The van der Waals surface area contributed by atoms with E-state index in [0.717, 1.165) is 51.4 Å². The molecule has 0 N–H and O–H groups in total. The average Bonchev–Trinajstić information content (AvgIpc) is 3.09. The maximum Gasteiger partial charge on any atom is 0.306 e. The number of carbonyl (C=O) groups excluding carboxylic acids is 3. The van der Waals surface area contributed by atoms with Crippen LogP contribution >= 0.6 is 0 Å². The van der Waals surface area contributed by atoms with Gasteiger partial charge in [-0.05, 0) is 38.5 Å². The second-order valence-electron chi connectivity index (χ2n) is 15.6. The highest BCUT2D eigenvalue weighted by Crippen LogP contribution is 2.14. The third kappa shape index (κ3) is 36.4. The number of carboxylic acids is 1. The Hall–Kier alpha value is -1.97. The summed E-state index contributed by atoms with van der Waals surface area (Å²) >= 11 is 0. The summed E-state index contributed by atoms with van der Waals surface area (Å²) in [6, 6.07) is 0. The molecule has 9 heteroatoms. The largest absolute Gasteiger partial charge is 0.545 e. The first-order chi connectivity index (χ1) is 25.1. The van der Waals surface area contributed by atoms with Crippen LogP contribution in [0, 0.1) is 0 Å². The Balaban J connectivity index is 4.47. The van der Waals surface area contributed by atoms with Crippen molar-refractivity contribution in [3.05, 3.63) is 12.2 Å². The highest BCUT2D eigenvalue weighted by molar-refractivity contribution is 5.70. The zero-order chi connectivity index (χ0) is 38.5. The number of esters is 2. The standard InChI is InChI=1S/C43H81NO8/c1-6-8-10-12-14-16-18-19-20-21-22-24-26-28-30-32-34-41(46)52-39(38-51-43(42(47)48)49-36-35-44(3,4)5)37-50-40(45)33-31-29-27-25-23-17-15-13-11-9-7-2/h20-21,39,43H,6-19,22-38H2,1-5H3/b21-20-. The van der Waals surface area contributed by atoms with Gasteiger partial charge in [0.2, 0.25) is 0 Å². The van der Waals surface area contributed by atoms with Crippen molar-refractivity contribution < 1.29 is 42.9 Å². The molecule has 2 unspecified atom stereocenters. The first kappa shape index (κ1) is 50.0. The number of carboxylic acid groups (broad SMARTS) is 1. The van der Waals surface area contributed by atoms with Crippen LogP contribution in [-0.2, 0) is 33.3 Å². The molecule has 0 radical (unpaired) electrons. The van der Waals surface area contributed by atoms with Crippen LogP contribution in [0.15, 0.2) is 12.2 Å². The quantitative estimate of drug-likeness (QED) is 0.0202. The lowest BCUT2D eigenvalue weighted by Gasteiger charge is -2.26. The number of rotatable bonds is 39. The van der Waals surface area contributed by atoms with Gasteiger partial charge < -0.3 is 33.3 Å². The molecular weight excluding hydrogens is 658 g/mol. The van der Waals surface area contributed by atoms with Crippen LogP contribution in [0.3, 0.4) is 0 Å². The number of ether oxygens (including phenoxy) is 4. The summed E-state index contributed by atoms with van der Waals surface area (Å²) < 4.78 is 22.5. The lowest BCUT2D eigenvalue weighted by molar-refractivity contribution is -0.870. The van der Waals surface area contributed by atoms with Gasteiger partial charge in [-0.1, -0.05) is 148 Å². The van der Waals surface area contributed by atoms with E-state index in [1.807, 2.05) is 21.1 Å². The second-order valence-corrected chi connectivity index (χ2v) is 15.6. The predicted molar refractivity (Wildman–Crippen MR) is 210 cm³/mol. The second kappa shape index (κ2) is 36.0. The number of allylic oxidation sites excluding steroid dienone is 2. The molecule has 0 aliphatic carbocycles. The third-order valence-electron chi connectivity index (χ3n) is 9.26. The lowest BCUT2D eigenvalue weighted by atomic mass is 10.1. The van der Waals surface area contributed by atoms with Crippen molar-refractivity contribution >= 4 is 17.9 Å². The Labute approximate surface area is 319 Å². The van der Waals surface area contributed by atoms with E-state index >= 15 is 0 Å². The van der Waals surface area contributed by atoms with Crippen LogP contribution in [0.4, 0.5) is 0 Å². The summed E-state index contributed by atoms with van der Waals surface area (Å²) in [4.78, 5) is 36.8. The molecule has 0 saturated carbocycles. The van der Waals surface area contributed by atoms with Crippen LogP contribution in [0.1, 0.15) is 187 Å². The maximum absolute atomic E-state index is 12.7. The van der Waals surface area contributed by atoms with Crippen molar-refractivity contribution in [2.24, 2.45) is 0 Å². The van der Waals surface area contributed by atoms with E-state index in [9.17, 15) is 19.5 Å². The molecule has 0 heterocycles. The molecule has 0 aromatic heterocycles. The number of aliphatic carboxylic acids is 1. The van der Waals surface area contributed by atoms with E-state index in [1.54, 1.807) is 0 Å². The molecule has 9 nitrogen and oxygen atoms in total. The first-order valence-corrected chi connectivity index (χ1v) is 21.3. The van der Waals surface area contributed by atoms with E-state index < -0.39 is 24.3 Å². The Bertz CT molecular complexity index is 872. The molecule has 0 spiro atoms. The number of nitrogens with zero attached hydrogens (tertiary/aromatic N) is 1. The van der Waals surface area contributed by atoms with E-state index in [-0.39, 0.29) is 32.2 Å². The summed E-state index contributed by atoms with van der Waals surface area (Å²) in [5, 5.41) is 11.7. The zero-order valence-corrected chi connectivity index (χ0v) is 34.4. The van der Waals surface area contributed by atoms with Gasteiger partial charge in [-0.2, -0.15) is 0 Å². The van der Waals surface area contributed by atoms with Gasteiger partial charge in [0.05, 0.1) is 40.3 Å². The number of likely N-dealkylation sites (N-methyl/N-ethyl adjacent to an activating group) is 1. The van der Waals surface area contributed by atoms with Crippen LogP contribution in [0.25, 0.3) is 0 Å². The normalized spacial score (nSPS) is 13.0. The average molecular weight is 740 g/mol. The van der Waals surface area contributed by atoms with Crippen molar-refractivity contribution in [1.29, 1.82) is 0 Å². The first-order valence-electron chi connectivity index (χ1n) is 21.3. The minimum Gasteiger partial charge on any atom is -0.545 e. The third-order valence-corrected chi connectivity index (χ3v) is 9.26. The molecule has 0 aromatic rings. The molecule has 0 aliphatic rings. The Morgan fingerprint density at radius 1 is 0.558 bits per heavy atom. The molecule has 0 amide bonds. The lowest BCUT2D eigenvalue weighted by Crippen LogP contribution is -2.44. The highest BCUT2D eigenvalue weighted by Gasteiger charge is 2.21. The van der Waals surface area contributed by atoms with E-state index in [2.05, 4.69) is 26.0 Å². The van der Waals surface area contributed by atoms with Gasteiger partial charge in [0, 0.05) is 12.8 Å². The minimum absolute atomic E-state index is 0.149. The number of unbranched alkanes of at least 4 members (excludes halogenated alkanes) is 22. The van der Waals surface area contributed by atoms with Crippen LogP contribution in [0.2, 0.25) is 0 Å². The molecule has 306 valence electrons. The monoisotopic (exact) mass is 740 g/mol. The Morgan fingerprint density at radius 2 is 0.981 bits per heavy atom. The molecule has 0 rings (SSSR count). The van der Waals surface area contributed by atoms with E-state index in [0.29, 0.717) is 23.9 Å². The van der Waals surface area contributed by atoms with Gasteiger partial charge in [-0.25, -0.2) is 0 Å². The fraction of sp³-hybridized carbons (Fsp3) is 0.884. The van der Waals surface area contributed by atoms with Gasteiger partial charge in [-0.3, -0.25) is 9.59 Å². The minimum atomic E-state index is -1.62. The van der Waals surface area contributed by atoms with Crippen molar-refractivity contribution in [3.63, 3.8) is 0 Å². The number of hydrogen-bond acceptors (Lipinski definition) is 8. The fourth-order valence-electron chi connectivity index (χ4n) is 5.88. The molecule has 0 bridgehead atoms. The Kier molecular flexibility index (Phi) is 34.7. The van der Waals surface area contributed by atoms with Crippen LogP contribution in [0.5, 0.6) is 0 Å². The van der Waals surface area contributed by atoms with Gasteiger partial charge in [0.1, 0.15) is 13.2 Å². The molecular formula is C43H81NO8. The molecule has 0 fully saturated rings. The summed E-state index contributed by atoms with van der Waals surface area (Å²) in [6.07, 6.45) is 32.4. The van der Waals surface area contributed by atoms with Crippen molar-refractivity contribution in [3.8, 4) is 0 Å². The Morgan fingerprint density at radius 3 is 1.42 bits per heavy atom. The van der Waals surface area contributed by atoms with Crippen molar-refractivity contribution in [2.75, 3.05) is 47.5 Å². The van der Waals surface area contributed by atoms with Crippen molar-refractivity contribution in [1.82, 2.24) is 0 Å². The van der Waals surface area contributed by atoms with Gasteiger partial charge >= 0.3 is 11.9 Å². The smallest absolute Gasteiger partial charge is 0.306 e. The SMILES string of the molecule is CCCCCCCCC/C=C\CCCCCCCC(=O)OC(COC(=O)CCCCCCCCCCCCC)COC(OCC[N+](C)(C)C)C(=O)[O-]. The summed E-state index contributed by atoms with van der Waals surface area (Å²) in [7, 11) is 5.90. The number of hydrogen-bond donors (Lipinski definition) is 0. The molecule has 52 heavy (non-hydrogen) atoms. The number of carbonyl (C=O) groups is 3. The molecule has 0 aliphatic heterocycles. The van der Waals surface area contributed by atoms with Crippen LogP contribution < -0.4 is 5.11 Å². The topological polar surface area (TPSA) is 111 Å². The van der Waals surface area contributed by atoms with Gasteiger partial charge in [0.25, 0.3) is 0 Å². The van der Waals surface area contributed by atoms with Crippen molar-refractivity contribution in [2.45, 2.75) is 200 Å². The van der Waals surface area contributed by atoms with E-state index in [4.69, 9.17) is 18.9 Å². The summed E-state index contributed by atoms with van der Waals surface area (Å²) in [5.41, 5.74) is 0. The number of quaternary nitrogens is 1. The predicted octanol–water partition coefficient (Wildman–Crippen LogP) is 9.39. The van der Waals surface area contributed by atoms with E-state index in [1.165, 1.54) is 103 Å². The summed E-state index contributed by atoms with van der Waals surface area (Å²) in [5.74, 6) is -2.29. The zero-order valence-electron chi connectivity index (χ0n) is 34.4. The van der Waals surface area contributed by atoms with Gasteiger partial charge in [0.15, 0.2) is 12.4 Å². The molecule has 0 saturated heterocycles. The van der Waals surface area contributed by atoms with Gasteiger partial charge in [-0.15, -0.1) is 0 Å². The summed E-state index contributed by atoms with van der Waals surface area (Å²) in [6.45, 7) is 4.72. The molecule has 0 aromatic carbocycles. The maximum atomic E-state index is 12.7. The van der Waals surface area contributed by atoms with Crippen LogP contribution in [-0.4, -0.2) is 82.3 Å². The molecule has 2 atom stereocenters. The highest BCUT2D eigenvalue weighted by atomic mass is 16.7.